The number of nitrogens with one attached hydrogen (secondary N) is 1. The molecule has 1 aromatic carbocycles. The Morgan fingerprint density at radius 2 is 2.16 bits per heavy atom. The van der Waals surface area contributed by atoms with E-state index in [9.17, 15) is 8.42 Å². The molecule has 1 aromatic heterocycles. The summed E-state index contributed by atoms with van der Waals surface area (Å²) in [5, 5.41) is 0.125. The molecule has 100 valence electrons. The van der Waals surface area contributed by atoms with E-state index >= 15 is 0 Å². The van der Waals surface area contributed by atoms with Gasteiger partial charge in [-0.3, -0.25) is 0 Å². The molecule has 1 aliphatic rings. The van der Waals surface area contributed by atoms with E-state index in [1.165, 1.54) is 16.8 Å². The summed E-state index contributed by atoms with van der Waals surface area (Å²) in [7, 11) is -3.50. The zero-order valence-electron chi connectivity index (χ0n) is 10.2. The van der Waals surface area contributed by atoms with Crippen LogP contribution < -0.4 is 5.73 Å². The van der Waals surface area contributed by atoms with Gasteiger partial charge in [0.2, 0.25) is 0 Å². The number of aromatic nitrogens is 2. The number of benzene rings is 1. The molecule has 0 radical (unpaired) electrons. The maximum Gasteiger partial charge on any atom is 0.260 e. The van der Waals surface area contributed by atoms with Gasteiger partial charge in [0.1, 0.15) is 0 Å². The number of nitrogens with zero attached hydrogens (tertiary/aromatic N) is 2. The topological polar surface area (TPSA) is 92.1 Å². The largest absolute Gasteiger partial charge is 0.399 e. The summed E-state index contributed by atoms with van der Waals surface area (Å²) in [6, 6.07) is 5.65. The summed E-state index contributed by atoms with van der Waals surface area (Å²) in [4.78, 5) is 6.40. The van der Waals surface area contributed by atoms with Crippen molar-refractivity contribution in [2.24, 2.45) is 0 Å². The molecule has 2 aromatic rings. The van der Waals surface area contributed by atoms with E-state index in [-0.39, 0.29) is 5.03 Å². The van der Waals surface area contributed by atoms with Crippen LogP contribution in [0.15, 0.2) is 35.7 Å². The third kappa shape index (κ3) is 2.11. The Bertz CT molecular complexity index is 695. The lowest BCUT2D eigenvalue weighted by Gasteiger charge is -2.27. The predicted octanol–water partition coefficient (Wildman–Crippen LogP) is 0.739. The SMILES string of the molecule is Nc1ccc2c(c1)CN(S(=O)(=O)c1cnc[nH]1)CC2. The van der Waals surface area contributed by atoms with E-state index in [0.29, 0.717) is 25.2 Å². The smallest absolute Gasteiger partial charge is 0.260 e. The average molecular weight is 278 g/mol. The number of nitrogen functional groups attached to an aromatic ring is 1. The predicted molar refractivity (Wildman–Crippen MR) is 70.7 cm³/mol. The summed E-state index contributed by atoms with van der Waals surface area (Å²) in [5.74, 6) is 0. The molecule has 19 heavy (non-hydrogen) atoms. The number of anilines is 1. The summed E-state index contributed by atoms with van der Waals surface area (Å²) in [5.41, 5.74) is 8.52. The van der Waals surface area contributed by atoms with Crippen LogP contribution in [0.5, 0.6) is 0 Å². The molecule has 0 saturated carbocycles. The second kappa shape index (κ2) is 4.36. The Balaban J connectivity index is 1.94. The minimum atomic E-state index is -3.50. The normalized spacial score (nSPS) is 16.2. The molecule has 6 nitrogen and oxygen atoms in total. The second-order valence-electron chi connectivity index (χ2n) is 4.53. The number of hydrogen-bond acceptors (Lipinski definition) is 4. The fraction of sp³-hybridized carbons (Fsp3) is 0.250. The highest BCUT2D eigenvalue weighted by Gasteiger charge is 2.29. The third-order valence-electron chi connectivity index (χ3n) is 3.30. The van der Waals surface area contributed by atoms with Crippen molar-refractivity contribution in [1.29, 1.82) is 0 Å². The van der Waals surface area contributed by atoms with Gasteiger partial charge in [0.25, 0.3) is 10.0 Å². The molecule has 0 bridgehead atoms. The lowest BCUT2D eigenvalue weighted by atomic mass is 10.0. The summed E-state index contributed by atoms with van der Waals surface area (Å²) >= 11 is 0. The molecular weight excluding hydrogens is 264 g/mol. The van der Waals surface area contributed by atoms with Gasteiger partial charge in [-0.05, 0) is 29.7 Å². The van der Waals surface area contributed by atoms with Crippen molar-refractivity contribution in [2.45, 2.75) is 18.0 Å². The van der Waals surface area contributed by atoms with Gasteiger partial charge in [-0.15, -0.1) is 0 Å². The molecule has 0 aliphatic carbocycles. The lowest BCUT2D eigenvalue weighted by molar-refractivity contribution is 0.390. The molecule has 0 saturated heterocycles. The van der Waals surface area contributed by atoms with Crippen LogP contribution in [0.2, 0.25) is 0 Å². The van der Waals surface area contributed by atoms with Crippen LogP contribution in [-0.2, 0) is 23.0 Å². The number of hydrogen-bond donors (Lipinski definition) is 2. The van der Waals surface area contributed by atoms with E-state index in [2.05, 4.69) is 9.97 Å². The van der Waals surface area contributed by atoms with Crippen LogP contribution in [0.25, 0.3) is 0 Å². The maximum absolute atomic E-state index is 12.4. The van der Waals surface area contributed by atoms with Crippen molar-refractivity contribution in [3.05, 3.63) is 41.9 Å². The van der Waals surface area contributed by atoms with Crippen molar-refractivity contribution >= 4 is 15.7 Å². The van der Waals surface area contributed by atoms with Gasteiger partial charge >= 0.3 is 0 Å². The number of nitrogens with two attached hydrogens (primary N) is 1. The molecule has 1 aliphatic heterocycles. The molecule has 7 heteroatoms. The summed E-state index contributed by atoms with van der Waals surface area (Å²) in [6.45, 7) is 0.819. The molecule has 3 N–H and O–H groups in total. The van der Waals surface area contributed by atoms with E-state index in [1.54, 1.807) is 0 Å². The first-order chi connectivity index (χ1) is 9.07. The monoisotopic (exact) mass is 278 g/mol. The number of imidazole rings is 1. The highest BCUT2D eigenvalue weighted by molar-refractivity contribution is 7.89. The number of H-pyrrole nitrogens is 1. The van der Waals surface area contributed by atoms with Gasteiger partial charge in [0.15, 0.2) is 5.03 Å². The number of rotatable bonds is 2. The quantitative estimate of drug-likeness (QED) is 0.792. The van der Waals surface area contributed by atoms with E-state index in [4.69, 9.17) is 5.73 Å². The van der Waals surface area contributed by atoms with Gasteiger partial charge in [0.05, 0.1) is 12.5 Å². The zero-order valence-corrected chi connectivity index (χ0v) is 11.0. The van der Waals surface area contributed by atoms with Crippen LogP contribution in [0.4, 0.5) is 5.69 Å². The first kappa shape index (κ1) is 12.2. The molecule has 0 atom stereocenters. The zero-order chi connectivity index (χ0) is 13.5. The first-order valence-electron chi connectivity index (χ1n) is 5.93. The molecule has 0 fully saturated rings. The van der Waals surface area contributed by atoms with Crippen LogP contribution in [0.1, 0.15) is 11.1 Å². The first-order valence-corrected chi connectivity index (χ1v) is 7.37. The molecule has 2 heterocycles. The lowest BCUT2D eigenvalue weighted by Crippen LogP contribution is -2.36. The Labute approximate surface area is 111 Å². The van der Waals surface area contributed by atoms with Gasteiger partial charge in [0, 0.05) is 18.8 Å². The molecule has 0 amide bonds. The second-order valence-corrected chi connectivity index (χ2v) is 6.44. The summed E-state index contributed by atoms with van der Waals surface area (Å²) < 4.78 is 26.2. The van der Waals surface area contributed by atoms with Crippen LogP contribution >= 0.6 is 0 Å². The van der Waals surface area contributed by atoms with Crippen LogP contribution in [0, 0.1) is 0 Å². The van der Waals surface area contributed by atoms with Crippen LogP contribution in [-0.4, -0.2) is 29.2 Å². The molecular formula is C12H14N4O2S. The average Bonchev–Trinajstić information content (AvgIpc) is 2.92. The van der Waals surface area contributed by atoms with E-state index in [1.807, 2.05) is 18.2 Å². The van der Waals surface area contributed by atoms with Gasteiger partial charge in [-0.2, -0.15) is 4.31 Å². The third-order valence-corrected chi connectivity index (χ3v) is 5.07. The van der Waals surface area contributed by atoms with E-state index < -0.39 is 10.0 Å². The van der Waals surface area contributed by atoms with Crippen molar-refractivity contribution in [3.8, 4) is 0 Å². The standard InChI is InChI=1S/C12H14N4O2S/c13-11-2-1-9-3-4-16(7-10(9)5-11)19(17,18)12-6-14-8-15-12/h1-2,5-6,8H,3-4,7,13H2,(H,14,15). The summed E-state index contributed by atoms with van der Waals surface area (Å²) in [6.07, 6.45) is 3.38. The minimum Gasteiger partial charge on any atom is -0.399 e. The minimum absolute atomic E-state index is 0.125. The van der Waals surface area contributed by atoms with Gasteiger partial charge < -0.3 is 10.7 Å². The molecule has 3 rings (SSSR count). The van der Waals surface area contributed by atoms with Crippen molar-refractivity contribution in [3.63, 3.8) is 0 Å². The Morgan fingerprint density at radius 3 is 2.89 bits per heavy atom. The number of fused-ring (bicyclic) bond motifs is 1. The fourth-order valence-electron chi connectivity index (χ4n) is 2.28. The molecule has 0 spiro atoms. The number of sulfonamides is 1. The highest BCUT2D eigenvalue weighted by atomic mass is 32.2. The van der Waals surface area contributed by atoms with Crippen LogP contribution in [0.3, 0.4) is 0 Å². The Hall–Kier alpha value is -1.86. The Kier molecular flexibility index (Phi) is 2.79. The van der Waals surface area contributed by atoms with Gasteiger partial charge in [-0.1, -0.05) is 6.07 Å². The number of aromatic amines is 1. The van der Waals surface area contributed by atoms with Gasteiger partial charge in [-0.25, -0.2) is 13.4 Å². The molecule has 0 unspecified atom stereocenters. The van der Waals surface area contributed by atoms with E-state index in [0.717, 1.165) is 11.1 Å². The van der Waals surface area contributed by atoms with Crippen molar-refractivity contribution in [1.82, 2.24) is 14.3 Å². The highest BCUT2D eigenvalue weighted by Crippen LogP contribution is 2.25. The fourth-order valence-corrected chi connectivity index (χ4v) is 3.59. The Morgan fingerprint density at radius 1 is 1.32 bits per heavy atom. The maximum atomic E-state index is 12.4. The van der Waals surface area contributed by atoms with Crippen molar-refractivity contribution in [2.75, 3.05) is 12.3 Å². The van der Waals surface area contributed by atoms with Crippen molar-refractivity contribution < 1.29 is 8.42 Å².